The monoisotopic (exact) mass is 342 g/mol. The highest BCUT2D eigenvalue weighted by atomic mass is 35.5. The number of halogens is 2. The number of aromatic nitrogens is 3. The zero-order chi connectivity index (χ0) is 16.3. The van der Waals surface area contributed by atoms with Gasteiger partial charge in [-0.15, -0.1) is 5.10 Å². The molecule has 1 aromatic heterocycles. The van der Waals surface area contributed by atoms with Crippen molar-refractivity contribution in [3.05, 3.63) is 40.1 Å². The molecular weight excluding hydrogens is 327 g/mol. The minimum atomic E-state index is -0.876. The van der Waals surface area contributed by atoms with Crippen LogP contribution in [0.1, 0.15) is 19.5 Å². The summed E-state index contributed by atoms with van der Waals surface area (Å²) in [6, 6.07) is 5.33. The average Bonchev–Trinajstić information content (AvgIpc) is 2.89. The van der Waals surface area contributed by atoms with E-state index >= 15 is 0 Å². The van der Waals surface area contributed by atoms with Crippen molar-refractivity contribution in [2.24, 2.45) is 0 Å². The normalized spacial score (nSPS) is 11.4. The van der Waals surface area contributed by atoms with Crippen LogP contribution >= 0.6 is 23.2 Å². The molecule has 0 aliphatic heterocycles. The van der Waals surface area contributed by atoms with E-state index in [-0.39, 0.29) is 12.6 Å². The number of hydrogen-bond acceptors (Lipinski definition) is 4. The Morgan fingerprint density at radius 1 is 1.41 bits per heavy atom. The zero-order valence-corrected chi connectivity index (χ0v) is 13.7. The van der Waals surface area contributed by atoms with Gasteiger partial charge in [-0.2, -0.15) is 0 Å². The van der Waals surface area contributed by atoms with Gasteiger partial charge in [0, 0.05) is 12.6 Å². The van der Waals surface area contributed by atoms with Crippen molar-refractivity contribution < 1.29 is 9.90 Å². The molecule has 1 N–H and O–H groups in total. The van der Waals surface area contributed by atoms with Crippen molar-refractivity contribution in [2.75, 3.05) is 6.54 Å². The number of carbonyl (C=O) groups is 1. The standard InChI is InChI=1S/C14H16Cl2N4O2/c1-9(2)19(8-13(21)22)6-10-7-20(18-17-10)12-5-3-4-11(15)14(12)16/h3-5,7,9H,6,8H2,1-2H3,(H,21,22). The lowest BCUT2D eigenvalue weighted by Crippen LogP contribution is -2.35. The number of hydrogen-bond donors (Lipinski definition) is 1. The predicted molar refractivity (Wildman–Crippen MR) is 84.6 cm³/mol. The summed E-state index contributed by atoms with van der Waals surface area (Å²) >= 11 is 12.1. The van der Waals surface area contributed by atoms with Crippen molar-refractivity contribution in [2.45, 2.75) is 26.4 Å². The Bertz CT molecular complexity index is 673. The van der Waals surface area contributed by atoms with Crippen LogP contribution in [0.15, 0.2) is 24.4 Å². The Balaban J connectivity index is 2.20. The van der Waals surface area contributed by atoms with Crippen LogP contribution in [0.25, 0.3) is 5.69 Å². The molecule has 2 rings (SSSR count). The Morgan fingerprint density at radius 2 is 2.14 bits per heavy atom. The number of nitrogens with zero attached hydrogens (tertiary/aromatic N) is 4. The fourth-order valence-corrected chi connectivity index (χ4v) is 2.34. The van der Waals surface area contributed by atoms with Gasteiger partial charge in [-0.1, -0.05) is 34.5 Å². The molecule has 0 fully saturated rings. The molecule has 0 unspecified atom stereocenters. The van der Waals surface area contributed by atoms with E-state index in [2.05, 4.69) is 10.3 Å². The molecule has 0 radical (unpaired) electrons. The average molecular weight is 343 g/mol. The zero-order valence-electron chi connectivity index (χ0n) is 12.2. The number of carboxylic acids is 1. The van der Waals surface area contributed by atoms with Gasteiger partial charge in [-0.3, -0.25) is 9.69 Å². The van der Waals surface area contributed by atoms with Gasteiger partial charge in [-0.25, -0.2) is 4.68 Å². The summed E-state index contributed by atoms with van der Waals surface area (Å²) in [6.07, 6.45) is 1.72. The van der Waals surface area contributed by atoms with Crippen molar-refractivity contribution in [1.29, 1.82) is 0 Å². The van der Waals surface area contributed by atoms with Gasteiger partial charge in [0.1, 0.15) is 0 Å². The SMILES string of the molecule is CC(C)N(CC(=O)O)Cc1cn(-c2cccc(Cl)c2Cl)nn1. The summed E-state index contributed by atoms with van der Waals surface area (Å²) in [5, 5.41) is 17.9. The van der Waals surface area contributed by atoms with E-state index in [1.54, 1.807) is 29.3 Å². The van der Waals surface area contributed by atoms with Gasteiger partial charge in [0.2, 0.25) is 0 Å². The lowest BCUT2D eigenvalue weighted by atomic mass is 10.3. The molecular formula is C14H16Cl2N4O2. The highest BCUT2D eigenvalue weighted by molar-refractivity contribution is 6.43. The summed E-state index contributed by atoms with van der Waals surface area (Å²) in [5.41, 5.74) is 1.29. The number of rotatable bonds is 6. The quantitative estimate of drug-likeness (QED) is 0.873. The summed E-state index contributed by atoms with van der Waals surface area (Å²) in [7, 11) is 0. The molecule has 1 heterocycles. The van der Waals surface area contributed by atoms with Crippen molar-refractivity contribution in [1.82, 2.24) is 19.9 Å². The van der Waals surface area contributed by atoms with E-state index in [9.17, 15) is 4.79 Å². The van der Waals surface area contributed by atoms with Crippen LogP contribution in [0.3, 0.4) is 0 Å². The molecule has 0 aliphatic rings. The first-order valence-electron chi connectivity index (χ1n) is 6.70. The van der Waals surface area contributed by atoms with E-state index in [4.69, 9.17) is 28.3 Å². The minimum Gasteiger partial charge on any atom is -0.480 e. The third-order valence-electron chi connectivity index (χ3n) is 3.15. The van der Waals surface area contributed by atoms with Gasteiger partial charge >= 0.3 is 5.97 Å². The third-order valence-corrected chi connectivity index (χ3v) is 3.96. The Kier molecular flexibility index (Phi) is 5.39. The molecule has 2 aromatic rings. The van der Waals surface area contributed by atoms with E-state index in [0.29, 0.717) is 28.0 Å². The Labute approximate surface area is 138 Å². The van der Waals surface area contributed by atoms with Crippen molar-refractivity contribution in [3.8, 4) is 5.69 Å². The van der Waals surface area contributed by atoms with Crippen molar-refractivity contribution in [3.63, 3.8) is 0 Å². The summed E-state index contributed by atoms with van der Waals surface area (Å²) in [6.45, 7) is 4.20. The summed E-state index contributed by atoms with van der Waals surface area (Å²) in [4.78, 5) is 12.7. The lowest BCUT2D eigenvalue weighted by Gasteiger charge is -2.22. The van der Waals surface area contributed by atoms with Crippen LogP contribution in [-0.4, -0.2) is 43.6 Å². The topological polar surface area (TPSA) is 71.2 Å². The first kappa shape index (κ1) is 16.7. The summed E-state index contributed by atoms with van der Waals surface area (Å²) in [5.74, 6) is -0.876. The second-order valence-electron chi connectivity index (χ2n) is 5.12. The molecule has 0 atom stereocenters. The van der Waals surface area contributed by atoms with Gasteiger partial charge in [0.25, 0.3) is 0 Å². The molecule has 1 aromatic carbocycles. The van der Waals surface area contributed by atoms with E-state index in [1.807, 2.05) is 13.8 Å². The van der Waals surface area contributed by atoms with E-state index < -0.39 is 5.97 Å². The molecule has 0 amide bonds. The molecule has 0 spiro atoms. The van der Waals surface area contributed by atoms with Crippen LogP contribution < -0.4 is 0 Å². The lowest BCUT2D eigenvalue weighted by molar-refractivity contribution is -0.139. The molecule has 6 nitrogen and oxygen atoms in total. The van der Waals surface area contributed by atoms with Gasteiger partial charge < -0.3 is 5.11 Å². The Morgan fingerprint density at radius 3 is 2.77 bits per heavy atom. The number of carboxylic acid groups (broad SMARTS) is 1. The smallest absolute Gasteiger partial charge is 0.317 e. The molecule has 0 saturated carbocycles. The fraction of sp³-hybridized carbons (Fsp3) is 0.357. The maximum atomic E-state index is 10.9. The first-order chi connectivity index (χ1) is 10.4. The van der Waals surface area contributed by atoms with Gasteiger partial charge in [0.15, 0.2) is 0 Å². The highest BCUT2D eigenvalue weighted by Gasteiger charge is 2.16. The van der Waals surface area contributed by atoms with Gasteiger partial charge in [0.05, 0.1) is 34.2 Å². The third kappa shape index (κ3) is 3.97. The largest absolute Gasteiger partial charge is 0.480 e. The van der Waals surface area contributed by atoms with Gasteiger partial charge in [-0.05, 0) is 26.0 Å². The molecule has 118 valence electrons. The highest BCUT2D eigenvalue weighted by Crippen LogP contribution is 2.27. The van der Waals surface area contributed by atoms with Crippen LogP contribution in [0.5, 0.6) is 0 Å². The maximum absolute atomic E-state index is 10.9. The van der Waals surface area contributed by atoms with Crippen molar-refractivity contribution >= 4 is 29.2 Å². The van der Waals surface area contributed by atoms with E-state index in [0.717, 1.165) is 0 Å². The molecule has 0 saturated heterocycles. The predicted octanol–water partition coefficient (Wildman–Crippen LogP) is 2.87. The Hall–Kier alpha value is -1.63. The second-order valence-corrected chi connectivity index (χ2v) is 5.91. The fourth-order valence-electron chi connectivity index (χ4n) is 1.96. The molecule has 8 heteroatoms. The van der Waals surface area contributed by atoms with Crippen LogP contribution in [0, 0.1) is 0 Å². The first-order valence-corrected chi connectivity index (χ1v) is 7.45. The molecule has 22 heavy (non-hydrogen) atoms. The number of aliphatic carboxylic acids is 1. The summed E-state index contributed by atoms with van der Waals surface area (Å²) < 4.78 is 1.53. The molecule has 0 bridgehead atoms. The molecule has 0 aliphatic carbocycles. The maximum Gasteiger partial charge on any atom is 0.317 e. The van der Waals surface area contributed by atoms with E-state index in [1.165, 1.54) is 4.68 Å². The second kappa shape index (κ2) is 7.09. The minimum absolute atomic E-state index is 0.0531. The van der Waals surface area contributed by atoms with Crippen LogP contribution in [-0.2, 0) is 11.3 Å². The number of benzene rings is 1. The van der Waals surface area contributed by atoms with Crippen LogP contribution in [0.2, 0.25) is 10.0 Å². The van der Waals surface area contributed by atoms with Crippen LogP contribution in [0.4, 0.5) is 0 Å².